The highest BCUT2D eigenvalue weighted by atomic mass is 16.5. The van der Waals surface area contributed by atoms with E-state index in [-0.39, 0.29) is 0 Å². The number of hydrogen-bond donors (Lipinski definition) is 0. The van der Waals surface area contributed by atoms with Gasteiger partial charge in [-0.1, -0.05) is 6.07 Å². The lowest BCUT2D eigenvalue weighted by Gasteiger charge is -2.08. The van der Waals surface area contributed by atoms with Gasteiger partial charge in [-0.15, -0.1) is 0 Å². The fourth-order valence-corrected chi connectivity index (χ4v) is 0.961. The molecule has 0 bridgehead atoms. The molecule has 1 aromatic carbocycles. The first-order valence-electron chi connectivity index (χ1n) is 3.17. The molecule has 1 aliphatic heterocycles. The smallest absolute Gasteiger partial charge is 0.130 e. The van der Waals surface area contributed by atoms with E-state index in [1.54, 1.807) is 6.26 Å². The van der Waals surface area contributed by atoms with E-state index in [9.17, 15) is 0 Å². The second-order valence-electron chi connectivity index (χ2n) is 2.15. The number of ether oxygens (including phenoxy) is 1. The van der Waals surface area contributed by atoms with Crippen LogP contribution >= 0.6 is 0 Å². The predicted molar refractivity (Wildman–Crippen MR) is 37.4 cm³/mol. The van der Waals surface area contributed by atoms with Gasteiger partial charge in [-0.2, -0.15) is 0 Å². The average molecular weight is 130 g/mol. The molecule has 0 fully saturated rings. The van der Waals surface area contributed by atoms with Crippen LogP contribution in [0.4, 0.5) is 0 Å². The van der Waals surface area contributed by atoms with Crippen molar-refractivity contribution in [2.45, 2.75) is 6.42 Å². The third-order valence-electron chi connectivity index (χ3n) is 1.47. The molecule has 2 rings (SSSR count). The Kier molecular flexibility index (Phi) is 1.21. The standard InChI is InChI=1S/C9H6O/c1-2-6-9-8(4-1)5-3-7-10-9/h2,4,6-7H,5H2. The van der Waals surface area contributed by atoms with Crippen LogP contribution in [0, 0.1) is 12.1 Å². The normalized spacial score (nSPS) is 14.0. The van der Waals surface area contributed by atoms with Gasteiger partial charge in [0.2, 0.25) is 0 Å². The van der Waals surface area contributed by atoms with E-state index in [1.165, 1.54) is 0 Å². The lowest BCUT2D eigenvalue weighted by atomic mass is 10.1. The molecule has 0 N–H and O–H groups in total. The number of allylic oxidation sites excluding steroid dienone is 1. The minimum Gasteiger partial charge on any atom is -0.464 e. The van der Waals surface area contributed by atoms with Gasteiger partial charge in [0.15, 0.2) is 0 Å². The van der Waals surface area contributed by atoms with Crippen molar-refractivity contribution in [3.05, 3.63) is 42.2 Å². The van der Waals surface area contributed by atoms with Gasteiger partial charge in [0, 0.05) is 6.42 Å². The number of fused-ring (bicyclic) bond motifs is 1. The highest BCUT2D eigenvalue weighted by molar-refractivity contribution is 5.35. The Bertz CT molecular complexity index is 236. The van der Waals surface area contributed by atoms with E-state index in [1.807, 2.05) is 18.2 Å². The quantitative estimate of drug-likeness (QED) is 0.519. The van der Waals surface area contributed by atoms with Gasteiger partial charge >= 0.3 is 0 Å². The van der Waals surface area contributed by atoms with Gasteiger partial charge in [0.1, 0.15) is 5.75 Å². The molecule has 1 heterocycles. The third-order valence-corrected chi connectivity index (χ3v) is 1.47. The molecule has 1 nitrogen and oxygen atoms in total. The summed E-state index contributed by atoms with van der Waals surface area (Å²) in [6.45, 7) is 0. The Morgan fingerprint density at radius 1 is 1.50 bits per heavy atom. The van der Waals surface area contributed by atoms with Crippen molar-refractivity contribution < 1.29 is 4.74 Å². The lowest BCUT2D eigenvalue weighted by molar-refractivity contribution is 0.461. The molecule has 0 saturated carbocycles. The fraction of sp³-hybridized carbons (Fsp3) is 0.111. The van der Waals surface area contributed by atoms with Gasteiger partial charge in [-0.05, 0) is 29.8 Å². The predicted octanol–water partition coefficient (Wildman–Crippen LogP) is 1.74. The first-order chi connectivity index (χ1) is 4.97. The fourth-order valence-electron chi connectivity index (χ4n) is 0.961. The molecule has 0 aromatic heterocycles. The van der Waals surface area contributed by atoms with Crippen molar-refractivity contribution in [1.29, 1.82) is 0 Å². The van der Waals surface area contributed by atoms with Gasteiger partial charge in [-0.25, -0.2) is 0 Å². The van der Waals surface area contributed by atoms with Crippen LogP contribution in [0.1, 0.15) is 5.56 Å². The maximum absolute atomic E-state index is 5.17. The molecule has 0 spiro atoms. The molecular weight excluding hydrogens is 124 g/mol. The van der Waals surface area contributed by atoms with E-state index in [4.69, 9.17) is 4.74 Å². The van der Waals surface area contributed by atoms with Crippen molar-refractivity contribution >= 4 is 0 Å². The SMILES string of the molecule is [C]1=COc2cc[c]cc2C1. The van der Waals surface area contributed by atoms with E-state index in [2.05, 4.69) is 12.1 Å². The summed E-state index contributed by atoms with van der Waals surface area (Å²) in [7, 11) is 0. The molecule has 0 atom stereocenters. The maximum Gasteiger partial charge on any atom is 0.130 e. The van der Waals surface area contributed by atoms with Gasteiger partial charge in [0.05, 0.1) is 6.26 Å². The van der Waals surface area contributed by atoms with E-state index in [0.717, 1.165) is 17.7 Å². The summed E-state index contributed by atoms with van der Waals surface area (Å²) < 4.78 is 5.17. The second-order valence-corrected chi connectivity index (χ2v) is 2.15. The summed E-state index contributed by atoms with van der Waals surface area (Å²) in [5, 5.41) is 0. The van der Waals surface area contributed by atoms with Crippen LogP contribution in [0.3, 0.4) is 0 Å². The summed E-state index contributed by atoms with van der Waals surface area (Å²) in [6, 6.07) is 8.67. The number of hydrogen-bond acceptors (Lipinski definition) is 1. The summed E-state index contributed by atoms with van der Waals surface area (Å²) in [6.07, 6.45) is 5.41. The zero-order chi connectivity index (χ0) is 6.81. The molecule has 0 amide bonds. The van der Waals surface area contributed by atoms with Crippen LogP contribution in [-0.4, -0.2) is 0 Å². The average Bonchev–Trinajstić information content (AvgIpc) is 2.05. The van der Waals surface area contributed by atoms with Crippen molar-refractivity contribution in [3.63, 3.8) is 0 Å². The Hall–Kier alpha value is -1.24. The van der Waals surface area contributed by atoms with Crippen molar-refractivity contribution in [3.8, 4) is 5.75 Å². The molecule has 0 saturated heterocycles. The third kappa shape index (κ3) is 0.798. The molecule has 1 heteroatoms. The van der Waals surface area contributed by atoms with E-state index >= 15 is 0 Å². The van der Waals surface area contributed by atoms with Crippen LogP contribution in [0.15, 0.2) is 24.5 Å². The zero-order valence-corrected chi connectivity index (χ0v) is 5.42. The summed E-state index contributed by atoms with van der Waals surface area (Å²) >= 11 is 0. The van der Waals surface area contributed by atoms with Crippen LogP contribution < -0.4 is 4.74 Å². The Labute approximate surface area is 59.9 Å². The minimum atomic E-state index is 0.840. The zero-order valence-electron chi connectivity index (χ0n) is 5.42. The molecule has 2 radical (unpaired) electrons. The molecule has 0 aliphatic carbocycles. The Morgan fingerprint density at radius 3 is 3.40 bits per heavy atom. The number of benzene rings is 1. The van der Waals surface area contributed by atoms with Crippen LogP contribution in [-0.2, 0) is 6.42 Å². The first kappa shape index (κ1) is 5.54. The molecule has 1 aromatic rings. The summed E-state index contributed by atoms with van der Waals surface area (Å²) in [5.41, 5.74) is 1.16. The van der Waals surface area contributed by atoms with E-state index < -0.39 is 0 Å². The van der Waals surface area contributed by atoms with E-state index in [0.29, 0.717) is 0 Å². The van der Waals surface area contributed by atoms with Crippen LogP contribution in [0.25, 0.3) is 0 Å². The molecule has 0 unspecified atom stereocenters. The van der Waals surface area contributed by atoms with Crippen molar-refractivity contribution in [2.24, 2.45) is 0 Å². The summed E-state index contributed by atoms with van der Waals surface area (Å²) in [4.78, 5) is 0. The first-order valence-corrected chi connectivity index (χ1v) is 3.17. The molecular formula is C9H6O. The maximum atomic E-state index is 5.17. The van der Waals surface area contributed by atoms with Gasteiger partial charge in [0.25, 0.3) is 0 Å². The molecule has 1 aliphatic rings. The Morgan fingerprint density at radius 2 is 2.50 bits per heavy atom. The molecule has 10 heavy (non-hydrogen) atoms. The number of rotatable bonds is 0. The highest BCUT2D eigenvalue weighted by Gasteiger charge is 2.03. The van der Waals surface area contributed by atoms with Gasteiger partial charge < -0.3 is 4.74 Å². The summed E-state index contributed by atoms with van der Waals surface area (Å²) in [5.74, 6) is 0.928. The van der Waals surface area contributed by atoms with Crippen molar-refractivity contribution in [2.75, 3.05) is 0 Å². The van der Waals surface area contributed by atoms with Crippen molar-refractivity contribution in [1.82, 2.24) is 0 Å². The van der Waals surface area contributed by atoms with Crippen LogP contribution in [0.5, 0.6) is 5.75 Å². The lowest BCUT2D eigenvalue weighted by Crippen LogP contribution is -1.95. The Balaban J connectivity index is 2.47. The minimum absolute atomic E-state index is 0.840. The monoisotopic (exact) mass is 130 g/mol. The highest BCUT2D eigenvalue weighted by Crippen LogP contribution is 2.21. The molecule has 48 valence electrons. The topological polar surface area (TPSA) is 9.23 Å². The largest absolute Gasteiger partial charge is 0.464 e. The second kappa shape index (κ2) is 2.18. The van der Waals surface area contributed by atoms with Crippen LogP contribution in [0.2, 0.25) is 0 Å². The van der Waals surface area contributed by atoms with Gasteiger partial charge in [-0.3, -0.25) is 0 Å².